The van der Waals surface area contributed by atoms with Gasteiger partial charge in [-0.1, -0.05) is 127 Å². The molecule has 0 aliphatic carbocycles. The highest BCUT2D eigenvalue weighted by molar-refractivity contribution is 7.26. The summed E-state index contributed by atoms with van der Waals surface area (Å²) in [5.41, 5.74) is 7.91. The molecule has 244 valence electrons. The molecule has 0 amide bonds. The molecule has 3 unspecified atom stereocenters. The molecule has 0 radical (unpaired) electrons. The minimum atomic E-state index is -0.155. The van der Waals surface area contributed by atoms with Gasteiger partial charge in [-0.15, -0.1) is 22.7 Å². The van der Waals surface area contributed by atoms with Crippen LogP contribution in [0.3, 0.4) is 0 Å². The van der Waals surface area contributed by atoms with Crippen molar-refractivity contribution in [1.82, 2.24) is 16.0 Å². The van der Waals surface area contributed by atoms with E-state index in [1.165, 1.54) is 62.6 Å². The molecule has 1 aliphatic rings. The molecule has 11 rings (SSSR count). The summed E-state index contributed by atoms with van der Waals surface area (Å²) in [7, 11) is 0. The molecule has 51 heavy (non-hydrogen) atoms. The Morgan fingerprint density at radius 3 is 2.04 bits per heavy atom. The first-order chi connectivity index (χ1) is 25.3. The van der Waals surface area contributed by atoms with Gasteiger partial charge in [0.1, 0.15) is 11.2 Å². The molecular formula is C45H31N3OS2. The third kappa shape index (κ3) is 4.69. The van der Waals surface area contributed by atoms with E-state index in [2.05, 4.69) is 155 Å². The average Bonchev–Trinajstić information content (AvgIpc) is 3.89. The summed E-state index contributed by atoms with van der Waals surface area (Å²) >= 11 is 3.77. The summed E-state index contributed by atoms with van der Waals surface area (Å²) in [5.74, 6) is 0. The van der Waals surface area contributed by atoms with Crippen LogP contribution in [-0.2, 0) is 0 Å². The van der Waals surface area contributed by atoms with E-state index >= 15 is 0 Å². The van der Waals surface area contributed by atoms with Gasteiger partial charge in [0, 0.05) is 62.2 Å². The standard InChI is InChI=1S/C45H31N3OS2/c1-2-11-26(12-3-1)43-46-44(48-45(47-43)35-19-8-16-31-28-13-4-6-20-36(28)49-41(31)35)27-23-24-34-39(25-27)50-38-22-10-15-30(40(34)38)33-18-9-17-32-29-14-5-7-21-37(29)51-42(32)33/h1-25,43-48H. The van der Waals surface area contributed by atoms with E-state index in [9.17, 15) is 0 Å². The monoisotopic (exact) mass is 693 g/mol. The quantitative estimate of drug-likeness (QED) is 0.172. The van der Waals surface area contributed by atoms with Crippen LogP contribution in [0.2, 0.25) is 0 Å². The van der Waals surface area contributed by atoms with Gasteiger partial charge < -0.3 is 4.42 Å². The molecule has 6 heteroatoms. The number of fused-ring (bicyclic) bond motifs is 9. The topological polar surface area (TPSA) is 49.2 Å². The Morgan fingerprint density at radius 1 is 0.431 bits per heavy atom. The van der Waals surface area contributed by atoms with Crippen LogP contribution in [0.15, 0.2) is 156 Å². The summed E-state index contributed by atoms with van der Waals surface area (Å²) in [5, 5.41) is 19.2. The minimum Gasteiger partial charge on any atom is -0.456 e. The number of hydrogen-bond donors (Lipinski definition) is 3. The van der Waals surface area contributed by atoms with E-state index in [1.54, 1.807) is 0 Å². The van der Waals surface area contributed by atoms with E-state index in [1.807, 2.05) is 34.8 Å². The van der Waals surface area contributed by atoms with E-state index in [0.29, 0.717) is 0 Å². The number of thiophene rings is 2. The normalized spacial score (nSPS) is 18.2. The molecule has 3 atom stereocenters. The largest absolute Gasteiger partial charge is 0.456 e. The van der Waals surface area contributed by atoms with Crippen molar-refractivity contribution >= 4 is 85.0 Å². The molecule has 7 aromatic carbocycles. The molecular weight excluding hydrogens is 663 g/mol. The van der Waals surface area contributed by atoms with Crippen molar-refractivity contribution < 1.29 is 4.42 Å². The fraction of sp³-hybridized carbons (Fsp3) is 0.0667. The molecule has 4 heterocycles. The SMILES string of the molecule is c1ccc(C2NC(c3ccc4c(c3)sc3cccc(-c5cccc6c5sc5ccccc56)c34)NC(c3cccc4c3oc3ccccc34)N2)cc1. The maximum Gasteiger partial charge on any atom is 0.141 e. The number of rotatable bonds is 4. The van der Waals surface area contributed by atoms with Gasteiger partial charge in [0.2, 0.25) is 0 Å². The smallest absolute Gasteiger partial charge is 0.141 e. The maximum atomic E-state index is 6.50. The fourth-order valence-electron chi connectivity index (χ4n) is 8.06. The van der Waals surface area contributed by atoms with Crippen molar-refractivity contribution in [2.45, 2.75) is 18.5 Å². The summed E-state index contributed by atoms with van der Waals surface area (Å²) in [4.78, 5) is 0. The Morgan fingerprint density at radius 2 is 1.12 bits per heavy atom. The van der Waals surface area contributed by atoms with Crippen molar-refractivity contribution in [2.24, 2.45) is 0 Å². The number of benzene rings is 7. The summed E-state index contributed by atoms with van der Waals surface area (Å²) in [6.07, 6.45) is -0.340. The van der Waals surface area contributed by atoms with E-state index < -0.39 is 0 Å². The Labute approximate surface area is 302 Å². The second kappa shape index (κ2) is 11.6. The highest BCUT2D eigenvalue weighted by atomic mass is 32.1. The lowest BCUT2D eigenvalue weighted by molar-refractivity contribution is 0.203. The molecule has 4 nitrogen and oxygen atoms in total. The van der Waals surface area contributed by atoms with Crippen molar-refractivity contribution in [3.63, 3.8) is 0 Å². The van der Waals surface area contributed by atoms with Crippen LogP contribution in [0.25, 0.3) is 73.4 Å². The van der Waals surface area contributed by atoms with E-state index in [4.69, 9.17) is 4.42 Å². The van der Waals surface area contributed by atoms with Crippen molar-refractivity contribution in [3.8, 4) is 11.1 Å². The van der Waals surface area contributed by atoms with Gasteiger partial charge in [0.05, 0.1) is 18.5 Å². The van der Waals surface area contributed by atoms with E-state index in [-0.39, 0.29) is 18.5 Å². The van der Waals surface area contributed by atoms with Crippen LogP contribution in [0.4, 0.5) is 0 Å². The Bertz CT molecular complexity index is 2940. The van der Waals surface area contributed by atoms with Crippen molar-refractivity contribution in [1.29, 1.82) is 0 Å². The zero-order valence-corrected chi connectivity index (χ0v) is 29.0. The third-order valence-electron chi connectivity index (χ3n) is 10.4. The summed E-state index contributed by atoms with van der Waals surface area (Å²) in [6, 6.07) is 54.7. The van der Waals surface area contributed by atoms with Crippen LogP contribution in [0.1, 0.15) is 35.2 Å². The predicted molar refractivity (Wildman–Crippen MR) is 215 cm³/mol. The molecule has 0 bridgehead atoms. The Hall–Kier alpha value is -5.34. The fourth-order valence-corrected chi connectivity index (χ4v) is 10.5. The molecule has 0 spiro atoms. The minimum absolute atomic E-state index is 0.0754. The molecule has 1 aliphatic heterocycles. The molecule has 1 saturated heterocycles. The second-order valence-electron chi connectivity index (χ2n) is 13.3. The Balaban J connectivity index is 1.03. The van der Waals surface area contributed by atoms with Crippen LogP contribution in [-0.4, -0.2) is 0 Å². The Kier molecular flexibility index (Phi) is 6.69. The molecule has 3 aromatic heterocycles. The zero-order chi connectivity index (χ0) is 33.5. The van der Waals surface area contributed by atoms with Gasteiger partial charge in [0.15, 0.2) is 0 Å². The molecule has 1 fully saturated rings. The van der Waals surface area contributed by atoms with Gasteiger partial charge in [-0.3, -0.25) is 16.0 Å². The first kappa shape index (κ1) is 29.4. The first-order valence-electron chi connectivity index (χ1n) is 17.4. The van der Waals surface area contributed by atoms with Gasteiger partial charge >= 0.3 is 0 Å². The van der Waals surface area contributed by atoms with Crippen LogP contribution in [0.5, 0.6) is 0 Å². The first-order valence-corrected chi connectivity index (χ1v) is 19.0. The number of furan rings is 1. The lowest BCUT2D eigenvalue weighted by Crippen LogP contribution is -2.54. The average molecular weight is 694 g/mol. The van der Waals surface area contributed by atoms with Gasteiger partial charge in [-0.05, 0) is 41.0 Å². The lowest BCUT2D eigenvalue weighted by atomic mass is 9.97. The van der Waals surface area contributed by atoms with Gasteiger partial charge in [-0.2, -0.15) is 0 Å². The van der Waals surface area contributed by atoms with E-state index in [0.717, 1.165) is 27.5 Å². The van der Waals surface area contributed by atoms with Crippen LogP contribution < -0.4 is 16.0 Å². The predicted octanol–water partition coefficient (Wildman–Crippen LogP) is 12.2. The lowest BCUT2D eigenvalue weighted by Gasteiger charge is -2.39. The van der Waals surface area contributed by atoms with Gasteiger partial charge in [-0.25, -0.2) is 0 Å². The number of hydrogen-bond acceptors (Lipinski definition) is 6. The van der Waals surface area contributed by atoms with Crippen LogP contribution >= 0.6 is 22.7 Å². The van der Waals surface area contributed by atoms with Crippen LogP contribution in [0, 0.1) is 0 Å². The highest BCUT2D eigenvalue weighted by Crippen LogP contribution is 2.46. The highest BCUT2D eigenvalue weighted by Gasteiger charge is 2.31. The summed E-state index contributed by atoms with van der Waals surface area (Å²) < 4.78 is 11.8. The van der Waals surface area contributed by atoms with Crippen molar-refractivity contribution in [2.75, 3.05) is 0 Å². The molecule has 10 aromatic rings. The maximum absolute atomic E-state index is 6.50. The number of nitrogens with one attached hydrogen (secondary N) is 3. The molecule has 3 N–H and O–H groups in total. The van der Waals surface area contributed by atoms with Gasteiger partial charge in [0.25, 0.3) is 0 Å². The summed E-state index contributed by atoms with van der Waals surface area (Å²) in [6.45, 7) is 0. The third-order valence-corrected chi connectivity index (χ3v) is 12.8. The zero-order valence-electron chi connectivity index (χ0n) is 27.4. The van der Waals surface area contributed by atoms with Crippen molar-refractivity contribution in [3.05, 3.63) is 168 Å². The second-order valence-corrected chi connectivity index (χ2v) is 15.5. The number of para-hydroxylation sites is 2. The molecule has 0 saturated carbocycles.